The molecule has 0 fully saturated rings. The second-order valence-corrected chi connectivity index (χ2v) is 6.67. The van der Waals surface area contributed by atoms with Crippen molar-refractivity contribution in [3.05, 3.63) is 107 Å². The van der Waals surface area contributed by atoms with Gasteiger partial charge in [0.15, 0.2) is 0 Å². The Labute approximate surface area is 170 Å². The molecule has 0 saturated carbocycles. The van der Waals surface area contributed by atoms with E-state index in [1.54, 1.807) is 0 Å². The number of benzene rings is 3. The Morgan fingerprint density at radius 3 is 1.54 bits per heavy atom. The molecule has 28 heavy (non-hydrogen) atoms. The van der Waals surface area contributed by atoms with Crippen LogP contribution in [0.2, 0.25) is 0 Å². The lowest BCUT2D eigenvalue weighted by atomic mass is 10.1. The van der Waals surface area contributed by atoms with Gasteiger partial charge in [0.05, 0.1) is 0 Å². The molecular weight excluding hydrogens is 340 g/mol. The molecule has 0 saturated heterocycles. The van der Waals surface area contributed by atoms with Gasteiger partial charge in [-0.05, 0) is 30.9 Å². The minimum Gasteiger partial charge on any atom is -0.356 e. The molecule has 0 aliphatic carbocycles. The van der Waals surface area contributed by atoms with Crippen molar-refractivity contribution in [2.24, 2.45) is 0 Å². The zero-order valence-electron chi connectivity index (χ0n) is 17.4. The number of amidine groups is 1. The van der Waals surface area contributed by atoms with Crippen LogP contribution in [0, 0.1) is 12.3 Å². The highest BCUT2D eigenvalue weighted by Crippen LogP contribution is 2.11. The Balaban J connectivity index is 0.00000136. The normalized spacial score (nSPS) is 9.96. The second kappa shape index (κ2) is 11.8. The molecule has 2 nitrogen and oxygen atoms in total. The summed E-state index contributed by atoms with van der Waals surface area (Å²) in [5, 5.41) is 8.72. The summed E-state index contributed by atoms with van der Waals surface area (Å²) in [5.74, 6) is 0.608. The van der Waals surface area contributed by atoms with Crippen molar-refractivity contribution in [2.75, 3.05) is 13.1 Å². The zero-order valence-corrected chi connectivity index (χ0v) is 17.4. The first kappa shape index (κ1) is 21.4. The van der Waals surface area contributed by atoms with Crippen LogP contribution in [0.1, 0.15) is 36.1 Å². The number of nitrogens with one attached hydrogen (secondary N) is 1. The first-order valence-corrected chi connectivity index (χ1v) is 10.2. The molecule has 0 spiro atoms. The molecule has 0 aliphatic rings. The van der Waals surface area contributed by atoms with Crippen molar-refractivity contribution in [1.82, 2.24) is 4.90 Å². The number of nitrogens with zero attached hydrogens (tertiary/aromatic N) is 1. The molecule has 0 unspecified atom stereocenters. The van der Waals surface area contributed by atoms with Crippen LogP contribution in [0.25, 0.3) is 0 Å². The fourth-order valence-corrected chi connectivity index (χ4v) is 3.05. The van der Waals surface area contributed by atoms with E-state index in [4.69, 9.17) is 5.41 Å². The summed E-state index contributed by atoms with van der Waals surface area (Å²) in [5.41, 5.74) is 4.83. The van der Waals surface area contributed by atoms with E-state index < -0.39 is 0 Å². The Bertz CT molecular complexity index is 765. The molecule has 3 rings (SSSR count). The molecule has 0 bridgehead atoms. The van der Waals surface area contributed by atoms with Crippen molar-refractivity contribution in [3.63, 3.8) is 0 Å². The standard InChI is InChI=1S/C24H26N2.C2H6/c1-20-12-14-23(15-13-20)24(25)26(18-16-21-8-4-2-5-9-21)19-17-22-10-6-3-7-11-22;1-2/h2-15,25H,16-19H2,1H3;1-2H3. The smallest absolute Gasteiger partial charge is 0.128 e. The first-order chi connectivity index (χ1) is 13.7. The summed E-state index contributed by atoms with van der Waals surface area (Å²) in [7, 11) is 0. The molecule has 0 atom stereocenters. The molecule has 2 heteroatoms. The molecule has 146 valence electrons. The van der Waals surface area contributed by atoms with E-state index in [0.29, 0.717) is 5.84 Å². The summed E-state index contributed by atoms with van der Waals surface area (Å²) in [6.45, 7) is 7.78. The van der Waals surface area contributed by atoms with Gasteiger partial charge in [-0.1, -0.05) is 104 Å². The van der Waals surface area contributed by atoms with Gasteiger partial charge in [0, 0.05) is 18.7 Å². The van der Waals surface area contributed by atoms with E-state index in [-0.39, 0.29) is 0 Å². The fraction of sp³-hybridized carbons (Fsp3) is 0.269. The third-order valence-corrected chi connectivity index (χ3v) is 4.67. The lowest BCUT2D eigenvalue weighted by Crippen LogP contribution is -2.34. The lowest BCUT2D eigenvalue weighted by Gasteiger charge is -2.26. The predicted molar refractivity (Wildman–Crippen MR) is 121 cm³/mol. The van der Waals surface area contributed by atoms with E-state index in [9.17, 15) is 0 Å². The van der Waals surface area contributed by atoms with Gasteiger partial charge in [-0.2, -0.15) is 0 Å². The van der Waals surface area contributed by atoms with Gasteiger partial charge in [0.25, 0.3) is 0 Å². The maximum Gasteiger partial charge on any atom is 0.128 e. The maximum atomic E-state index is 8.72. The maximum absolute atomic E-state index is 8.72. The largest absolute Gasteiger partial charge is 0.356 e. The van der Waals surface area contributed by atoms with Crippen LogP contribution in [0.5, 0.6) is 0 Å². The third-order valence-electron chi connectivity index (χ3n) is 4.67. The number of hydrogen-bond donors (Lipinski definition) is 1. The Kier molecular flexibility index (Phi) is 9.00. The van der Waals surface area contributed by atoms with Gasteiger partial charge in [-0.3, -0.25) is 5.41 Å². The minimum absolute atomic E-state index is 0.608. The molecule has 3 aromatic carbocycles. The van der Waals surface area contributed by atoms with E-state index in [2.05, 4.69) is 84.6 Å². The average molecular weight is 373 g/mol. The summed E-state index contributed by atoms with van der Waals surface area (Å²) in [6.07, 6.45) is 1.90. The summed E-state index contributed by atoms with van der Waals surface area (Å²) in [6, 6.07) is 29.3. The fourth-order valence-electron chi connectivity index (χ4n) is 3.05. The van der Waals surface area contributed by atoms with Crippen molar-refractivity contribution < 1.29 is 0 Å². The second-order valence-electron chi connectivity index (χ2n) is 6.67. The monoisotopic (exact) mass is 372 g/mol. The molecular formula is C26H32N2. The molecule has 0 aromatic heterocycles. The minimum atomic E-state index is 0.608. The number of aryl methyl sites for hydroxylation is 1. The highest BCUT2D eigenvalue weighted by molar-refractivity contribution is 5.96. The molecule has 3 aromatic rings. The van der Waals surface area contributed by atoms with Crippen LogP contribution in [0.3, 0.4) is 0 Å². The number of rotatable bonds is 7. The quantitative estimate of drug-likeness (QED) is 0.392. The summed E-state index contributed by atoms with van der Waals surface area (Å²) in [4.78, 5) is 2.20. The van der Waals surface area contributed by atoms with Crippen LogP contribution in [0.4, 0.5) is 0 Å². The lowest BCUT2D eigenvalue weighted by molar-refractivity contribution is 0.424. The van der Waals surface area contributed by atoms with Crippen LogP contribution in [0.15, 0.2) is 84.9 Å². The molecule has 0 radical (unpaired) electrons. The van der Waals surface area contributed by atoms with Crippen LogP contribution in [-0.2, 0) is 12.8 Å². The third kappa shape index (κ3) is 6.70. The summed E-state index contributed by atoms with van der Waals surface area (Å²) < 4.78 is 0. The van der Waals surface area contributed by atoms with E-state index >= 15 is 0 Å². The predicted octanol–water partition coefficient (Wildman–Crippen LogP) is 6.13. The van der Waals surface area contributed by atoms with E-state index in [0.717, 1.165) is 31.5 Å². The van der Waals surface area contributed by atoms with E-state index in [1.165, 1.54) is 16.7 Å². The molecule has 0 amide bonds. The van der Waals surface area contributed by atoms with Gasteiger partial charge in [-0.25, -0.2) is 0 Å². The Morgan fingerprint density at radius 2 is 1.11 bits per heavy atom. The van der Waals surface area contributed by atoms with Crippen LogP contribution < -0.4 is 0 Å². The highest BCUT2D eigenvalue weighted by Gasteiger charge is 2.12. The van der Waals surface area contributed by atoms with Crippen molar-refractivity contribution in [2.45, 2.75) is 33.6 Å². The molecule has 1 N–H and O–H groups in total. The Hall–Kier alpha value is -2.87. The van der Waals surface area contributed by atoms with Crippen molar-refractivity contribution in [1.29, 1.82) is 5.41 Å². The summed E-state index contributed by atoms with van der Waals surface area (Å²) >= 11 is 0. The SMILES string of the molecule is CC.Cc1ccc(C(=N)N(CCc2ccccc2)CCc2ccccc2)cc1. The average Bonchev–Trinajstić information content (AvgIpc) is 2.77. The molecule has 0 aliphatic heterocycles. The highest BCUT2D eigenvalue weighted by atomic mass is 15.2. The molecule has 0 heterocycles. The van der Waals surface area contributed by atoms with E-state index in [1.807, 2.05) is 26.0 Å². The van der Waals surface area contributed by atoms with Gasteiger partial charge in [0.1, 0.15) is 5.84 Å². The van der Waals surface area contributed by atoms with Gasteiger partial charge in [-0.15, -0.1) is 0 Å². The topological polar surface area (TPSA) is 27.1 Å². The Morgan fingerprint density at radius 1 is 0.679 bits per heavy atom. The van der Waals surface area contributed by atoms with Gasteiger partial charge in [0.2, 0.25) is 0 Å². The van der Waals surface area contributed by atoms with Gasteiger partial charge >= 0.3 is 0 Å². The number of hydrogen-bond acceptors (Lipinski definition) is 1. The van der Waals surface area contributed by atoms with Crippen molar-refractivity contribution >= 4 is 5.84 Å². The van der Waals surface area contributed by atoms with Gasteiger partial charge < -0.3 is 4.90 Å². The first-order valence-electron chi connectivity index (χ1n) is 10.2. The van der Waals surface area contributed by atoms with Crippen LogP contribution in [-0.4, -0.2) is 23.8 Å². The van der Waals surface area contributed by atoms with Crippen molar-refractivity contribution in [3.8, 4) is 0 Å². The van der Waals surface area contributed by atoms with Crippen LogP contribution >= 0.6 is 0 Å². The zero-order chi connectivity index (χ0) is 20.2.